The quantitative estimate of drug-likeness (QED) is 0.869. The Hall–Kier alpha value is -1.46. The standard InChI is InChI=1S/C16H22N4S/c1-2-14-11-17-16(18-12-14)20-7-4-6-19(8-9-20)13-15-5-3-10-21-15/h3,5,10-12H,2,4,6-9,13H2,1H3. The van der Waals surface area contributed by atoms with Crippen LogP contribution < -0.4 is 4.90 Å². The molecule has 0 N–H and O–H groups in total. The van der Waals surface area contributed by atoms with Crippen LogP contribution in [0.2, 0.25) is 0 Å². The van der Waals surface area contributed by atoms with Crippen molar-refractivity contribution in [3.8, 4) is 0 Å². The van der Waals surface area contributed by atoms with Crippen LogP contribution in [0.15, 0.2) is 29.9 Å². The lowest BCUT2D eigenvalue weighted by atomic mass is 10.3. The molecule has 0 spiro atoms. The largest absolute Gasteiger partial charge is 0.339 e. The van der Waals surface area contributed by atoms with Crippen LogP contribution in [0.1, 0.15) is 23.8 Å². The summed E-state index contributed by atoms with van der Waals surface area (Å²) >= 11 is 1.84. The zero-order valence-corrected chi connectivity index (χ0v) is 13.4. The van der Waals surface area contributed by atoms with E-state index in [9.17, 15) is 0 Å². The summed E-state index contributed by atoms with van der Waals surface area (Å²) < 4.78 is 0. The number of thiophene rings is 1. The Morgan fingerprint density at radius 2 is 2.00 bits per heavy atom. The van der Waals surface area contributed by atoms with Gasteiger partial charge in [0, 0.05) is 50.0 Å². The van der Waals surface area contributed by atoms with E-state index in [1.54, 1.807) is 0 Å². The lowest BCUT2D eigenvalue weighted by Crippen LogP contribution is -2.31. The summed E-state index contributed by atoms with van der Waals surface area (Å²) in [6, 6.07) is 4.35. The van der Waals surface area contributed by atoms with Gasteiger partial charge in [-0.3, -0.25) is 4.90 Å². The van der Waals surface area contributed by atoms with Gasteiger partial charge in [0.05, 0.1) is 0 Å². The second-order valence-corrected chi connectivity index (χ2v) is 6.47. The fourth-order valence-corrected chi connectivity index (χ4v) is 3.39. The molecule has 0 unspecified atom stereocenters. The zero-order valence-electron chi connectivity index (χ0n) is 12.5. The van der Waals surface area contributed by atoms with E-state index in [0.29, 0.717) is 0 Å². The summed E-state index contributed by atoms with van der Waals surface area (Å²) in [5, 5.41) is 2.16. The SMILES string of the molecule is CCc1cnc(N2CCCN(Cc3cccs3)CC2)nc1. The molecule has 0 atom stereocenters. The van der Waals surface area contributed by atoms with Crippen molar-refractivity contribution in [3.63, 3.8) is 0 Å². The monoisotopic (exact) mass is 302 g/mol. The fourth-order valence-electron chi connectivity index (χ4n) is 2.65. The van der Waals surface area contributed by atoms with Crippen molar-refractivity contribution in [2.45, 2.75) is 26.3 Å². The molecule has 4 nitrogen and oxygen atoms in total. The second-order valence-electron chi connectivity index (χ2n) is 5.44. The molecule has 1 aliphatic heterocycles. The van der Waals surface area contributed by atoms with Gasteiger partial charge in [0.25, 0.3) is 0 Å². The zero-order chi connectivity index (χ0) is 14.5. The number of hydrogen-bond donors (Lipinski definition) is 0. The Labute approximate surface area is 130 Å². The van der Waals surface area contributed by atoms with Gasteiger partial charge < -0.3 is 4.90 Å². The number of nitrogens with zero attached hydrogens (tertiary/aromatic N) is 4. The molecule has 0 aliphatic carbocycles. The average Bonchev–Trinajstić information content (AvgIpc) is 2.92. The van der Waals surface area contributed by atoms with Crippen LogP contribution in [0.25, 0.3) is 0 Å². The molecule has 2 aromatic rings. The predicted molar refractivity (Wildman–Crippen MR) is 87.8 cm³/mol. The third-order valence-corrected chi connectivity index (χ3v) is 4.79. The average molecular weight is 302 g/mol. The van der Waals surface area contributed by atoms with E-state index < -0.39 is 0 Å². The number of rotatable bonds is 4. The minimum Gasteiger partial charge on any atom is -0.339 e. The van der Waals surface area contributed by atoms with Crippen LogP contribution in [0, 0.1) is 0 Å². The molecule has 0 bridgehead atoms. The van der Waals surface area contributed by atoms with Gasteiger partial charge in [-0.1, -0.05) is 13.0 Å². The lowest BCUT2D eigenvalue weighted by molar-refractivity contribution is 0.288. The maximum atomic E-state index is 4.51. The molecule has 112 valence electrons. The number of anilines is 1. The Morgan fingerprint density at radius 3 is 2.71 bits per heavy atom. The predicted octanol–water partition coefficient (Wildman–Crippen LogP) is 2.81. The molecule has 0 saturated carbocycles. The van der Waals surface area contributed by atoms with E-state index in [1.165, 1.54) is 16.9 Å². The minimum absolute atomic E-state index is 0.880. The van der Waals surface area contributed by atoms with Crippen LogP contribution >= 0.6 is 11.3 Å². The Kier molecular flexibility index (Phi) is 4.83. The molecule has 0 aromatic carbocycles. The Morgan fingerprint density at radius 1 is 1.14 bits per heavy atom. The topological polar surface area (TPSA) is 32.3 Å². The van der Waals surface area contributed by atoms with Gasteiger partial charge in [-0.15, -0.1) is 11.3 Å². The molecule has 0 radical (unpaired) electrons. The van der Waals surface area contributed by atoms with Crippen LogP contribution in [0.4, 0.5) is 5.95 Å². The van der Waals surface area contributed by atoms with Crippen LogP contribution in [-0.2, 0) is 13.0 Å². The molecular formula is C16H22N4S. The number of hydrogen-bond acceptors (Lipinski definition) is 5. The minimum atomic E-state index is 0.880. The first kappa shape index (κ1) is 14.5. The summed E-state index contributed by atoms with van der Waals surface area (Å²) in [5.74, 6) is 0.880. The van der Waals surface area contributed by atoms with Crippen molar-refractivity contribution in [1.29, 1.82) is 0 Å². The highest BCUT2D eigenvalue weighted by atomic mass is 32.1. The second kappa shape index (κ2) is 7.00. The Bertz CT molecular complexity index is 538. The van der Waals surface area contributed by atoms with Crippen molar-refractivity contribution < 1.29 is 0 Å². The molecule has 21 heavy (non-hydrogen) atoms. The first-order chi connectivity index (χ1) is 10.3. The highest BCUT2D eigenvalue weighted by molar-refractivity contribution is 7.09. The van der Waals surface area contributed by atoms with E-state index in [2.05, 4.69) is 44.2 Å². The van der Waals surface area contributed by atoms with Crippen molar-refractivity contribution >= 4 is 17.3 Å². The summed E-state index contributed by atoms with van der Waals surface area (Å²) in [5.41, 5.74) is 1.20. The third-order valence-electron chi connectivity index (χ3n) is 3.93. The van der Waals surface area contributed by atoms with Gasteiger partial charge in [-0.2, -0.15) is 0 Å². The highest BCUT2D eigenvalue weighted by Crippen LogP contribution is 2.15. The normalized spacial score (nSPS) is 16.9. The number of aromatic nitrogens is 2. The van der Waals surface area contributed by atoms with Gasteiger partial charge >= 0.3 is 0 Å². The first-order valence-corrected chi connectivity index (χ1v) is 8.53. The molecule has 2 aromatic heterocycles. The molecule has 1 fully saturated rings. The van der Waals surface area contributed by atoms with Gasteiger partial charge in [0.2, 0.25) is 5.95 Å². The lowest BCUT2D eigenvalue weighted by Gasteiger charge is -2.21. The van der Waals surface area contributed by atoms with E-state index in [0.717, 1.165) is 45.1 Å². The number of aryl methyl sites for hydroxylation is 1. The van der Waals surface area contributed by atoms with Crippen molar-refractivity contribution in [2.75, 3.05) is 31.1 Å². The van der Waals surface area contributed by atoms with Crippen LogP contribution in [0.3, 0.4) is 0 Å². The van der Waals surface area contributed by atoms with Crippen LogP contribution in [0.5, 0.6) is 0 Å². The van der Waals surface area contributed by atoms with Gasteiger partial charge in [0.15, 0.2) is 0 Å². The smallest absolute Gasteiger partial charge is 0.225 e. The van der Waals surface area contributed by atoms with Gasteiger partial charge in [-0.25, -0.2) is 9.97 Å². The maximum absolute atomic E-state index is 4.51. The molecule has 3 heterocycles. The summed E-state index contributed by atoms with van der Waals surface area (Å²) in [6.07, 6.45) is 6.08. The van der Waals surface area contributed by atoms with E-state index in [-0.39, 0.29) is 0 Å². The van der Waals surface area contributed by atoms with Crippen molar-refractivity contribution in [2.24, 2.45) is 0 Å². The fraction of sp³-hybridized carbons (Fsp3) is 0.500. The molecule has 3 rings (SSSR count). The van der Waals surface area contributed by atoms with Gasteiger partial charge in [-0.05, 0) is 29.9 Å². The van der Waals surface area contributed by atoms with E-state index in [4.69, 9.17) is 0 Å². The van der Waals surface area contributed by atoms with Crippen molar-refractivity contribution in [3.05, 3.63) is 40.3 Å². The molecule has 0 amide bonds. The van der Waals surface area contributed by atoms with E-state index in [1.807, 2.05) is 23.7 Å². The molecule has 1 aliphatic rings. The molecular weight excluding hydrogens is 280 g/mol. The molecule has 5 heteroatoms. The Balaban J connectivity index is 1.59. The van der Waals surface area contributed by atoms with Gasteiger partial charge in [0.1, 0.15) is 0 Å². The highest BCUT2D eigenvalue weighted by Gasteiger charge is 2.17. The first-order valence-electron chi connectivity index (χ1n) is 7.66. The summed E-state index contributed by atoms with van der Waals surface area (Å²) in [4.78, 5) is 15.3. The van der Waals surface area contributed by atoms with Crippen molar-refractivity contribution in [1.82, 2.24) is 14.9 Å². The molecule has 1 saturated heterocycles. The maximum Gasteiger partial charge on any atom is 0.225 e. The summed E-state index contributed by atoms with van der Waals surface area (Å²) in [6.45, 7) is 7.50. The van der Waals surface area contributed by atoms with Crippen LogP contribution in [-0.4, -0.2) is 41.0 Å². The third kappa shape index (κ3) is 3.80. The summed E-state index contributed by atoms with van der Waals surface area (Å²) in [7, 11) is 0. The van der Waals surface area contributed by atoms with E-state index >= 15 is 0 Å².